The van der Waals surface area contributed by atoms with Gasteiger partial charge < -0.3 is 14.3 Å². The number of aliphatic imine (C=N–C) groups is 2. The second-order valence-corrected chi connectivity index (χ2v) is 14.9. The fourth-order valence-corrected chi connectivity index (χ4v) is 9.19. The van der Waals surface area contributed by atoms with Gasteiger partial charge in [0.15, 0.2) is 5.58 Å². The molecule has 0 aliphatic carbocycles. The molecule has 0 amide bonds. The average molecular weight is 734 g/mol. The minimum Gasteiger partial charge on any atom is -0.456 e. The Hall–Kier alpha value is -7.28. The molecule has 6 heteroatoms. The standard InChI is InChI=1S/C51H35N5O/c1-3-14-32(15-4-1)49-53-50(33-16-5-2-6-17-33)55-51(54-49)39-25-24-37(35-19-9-10-20-36(35)39)38-26-28-44(48-47(38)41-29-52-30-45(41)57-48)56-42-22-12-11-21-40(42)46-34-18-8-7-13-31(34)23-27-43(46)56/h1-29,49-50,53H,30H2,(H,54,55). The van der Waals surface area contributed by atoms with Gasteiger partial charge in [0.25, 0.3) is 0 Å². The molecule has 2 atom stereocenters. The van der Waals surface area contributed by atoms with E-state index in [-0.39, 0.29) is 12.3 Å². The lowest BCUT2D eigenvalue weighted by molar-refractivity contribution is 0.409. The third kappa shape index (κ3) is 4.94. The van der Waals surface area contributed by atoms with Gasteiger partial charge in [0.2, 0.25) is 0 Å². The molecule has 0 spiro atoms. The molecular weight excluding hydrogens is 699 g/mol. The quantitative estimate of drug-likeness (QED) is 0.185. The molecule has 6 nitrogen and oxygen atoms in total. The highest BCUT2D eigenvalue weighted by Gasteiger charge is 2.28. The second kappa shape index (κ2) is 12.6. The van der Waals surface area contributed by atoms with Crippen LogP contribution in [0.15, 0.2) is 184 Å². The molecule has 0 saturated heterocycles. The number of amidine groups is 1. The van der Waals surface area contributed by atoms with Crippen molar-refractivity contribution in [2.75, 3.05) is 0 Å². The number of furan rings is 1. The summed E-state index contributed by atoms with van der Waals surface area (Å²) in [6, 6.07) is 60.5. The van der Waals surface area contributed by atoms with Crippen molar-refractivity contribution in [3.05, 3.63) is 198 Å². The zero-order chi connectivity index (χ0) is 37.5. The van der Waals surface area contributed by atoms with Crippen LogP contribution in [0.2, 0.25) is 0 Å². The minimum absolute atomic E-state index is 0.124. The summed E-state index contributed by atoms with van der Waals surface area (Å²) in [7, 11) is 0. The maximum atomic E-state index is 6.87. The van der Waals surface area contributed by atoms with Crippen LogP contribution >= 0.6 is 0 Å². The first kappa shape index (κ1) is 32.0. The third-order valence-corrected chi connectivity index (χ3v) is 11.8. The summed E-state index contributed by atoms with van der Waals surface area (Å²) < 4.78 is 9.25. The Kier molecular flexibility index (Phi) is 7.09. The number of nitrogens with one attached hydrogen (secondary N) is 2. The van der Waals surface area contributed by atoms with Crippen LogP contribution in [0.1, 0.15) is 40.3 Å². The van der Waals surface area contributed by atoms with E-state index >= 15 is 0 Å². The number of nitrogens with zero attached hydrogens (tertiary/aromatic N) is 3. The van der Waals surface area contributed by atoms with Gasteiger partial charge in [-0.25, -0.2) is 4.99 Å². The van der Waals surface area contributed by atoms with Gasteiger partial charge in [-0.05, 0) is 62.0 Å². The Bertz CT molecular complexity index is 3280. The number of hydrogen-bond donors (Lipinski definition) is 2. The van der Waals surface area contributed by atoms with Crippen molar-refractivity contribution < 1.29 is 4.42 Å². The molecule has 10 aromatic rings. The average Bonchev–Trinajstić information content (AvgIpc) is 3.99. The van der Waals surface area contributed by atoms with Gasteiger partial charge in [0, 0.05) is 33.5 Å². The van der Waals surface area contributed by atoms with Gasteiger partial charge in [0.1, 0.15) is 23.9 Å². The third-order valence-electron chi connectivity index (χ3n) is 11.8. The maximum Gasteiger partial charge on any atom is 0.159 e. The van der Waals surface area contributed by atoms with Crippen LogP contribution in [0.3, 0.4) is 0 Å². The smallest absolute Gasteiger partial charge is 0.159 e. The Balaban J connectivity index is 1.06. The number of para-hydroxylation sites is 1. The molecule has 270 valence electrons. The lowest BCUT2D eigenvalue weighted by Crippen LogP contribution is -2.45. The zero-order valence-electron chi connectivity index (χ0n) is 30.9. The predicted octanol–water partition coefficient (Wildman–Crippen LogP) is 11.8. The van der Waals surface area contributed by atoms with E-state index in [0.29, 0.717) is 6.54 Å². The molecule has 0 saturated carbocycles. The molecule has 8 aromatic carbocycles. The second-order valence-electron chi connectivity index (χ2n) is 14.9. The van der Waals surface area contributed by atoms with Gasteiger partial charge in [-0.1, -0.05) is 152 Å². The van der Waals surface area contributed by atoms with Crippen molar-refractivity contribution in [1.29, 1.82) is 0 Å². The van der Waals surface area contributed by atoms with Crippen LogP contribution < -0.4 is 10.6 Å². The SMILES string of the molecule is C1=NCc2oc3c(-n4c5ccccc5c5c6ccccc6ccc54)ccc(-c4ccc(C5=NC(c6ccccc6)NC(c6ccccc6)N5)c5ccccc45)c3c21. The first-order valence-electron chi connectivity index (χ1n) is 19.5. The Morgan fingerprint density at radius 2 is 1.21 bits per heavy atom. The van der Waals surface area contributed by atoms with Crippen molar-refractivity contribution in [1.82, 2.24) is 15.2 Å². The number of aromatic nitrogens is 1. The van der Waals surface area contributed by atoms with Crippen molar-refractivity contribution in [2.24, 2.45) is 9.98 Å². The van der Waals surface area contributed by atoms with Gasteiger partial charge in [-0.3, -0.25) is 10.3 Å². The molecule has 2 aliphatic heterocycles. The highest BCUT2D eigenvalue weighted by atomic mass is 16.3. The fourth-order valence-electron chi connectivity index (χ4n) is 9.19. The number of hydrogen-bond acceptors (Lipinski definition) is 5. The summed E-state index contributed by atoms with van der Waals surface area (Å²) in [5.41, 5.74) is 10.8. The Labute approximate surface area is 328 Å². The predicted molar refractivity (Wildman–Crippen MR) is 233 cm³/mol. The maximum absolute atomic E-state index is 6.87. The lowest BCUT2D eigenvalue weighted by Gasteiger charge is -2.32. The topological polar surface area (TPSA) is 66.8 Å². The van der Waals surface area contributed by atoms with E-state index in [1.54, 1.807) is 0 Å². The van der Waals surface area contributed by atoms with Crippen molar-refractivity contribution in [2.45, 2.75) is 18.9 Å². The normalized spacial score (nSPS) is 16.5. The lowest BCUT2D eigenvalue weighted by atomic mass is 9.91. The van der Waals surface area contributed by atoms with E-state index in [4.69, 9.17) is 9.41 Å². The van der Waals surface area contributed by atoms with Gasteiger partial charge in [-0.2, -0.15) is 0 Å². The molecule has 4 heterocycles. The molecule has 0 radical (unpaired) electrons. The molecule has 2 aromatic heterocycles. The van der Waals surface area contributed by atoms with E-state index in [1.807, 2.05) is 12.3 Å². The molecular formula is C51H35N5O. The molecule has 57 heavy (non-hydrogen) atoms. The largest absolute Gasteiger partial charge is 0.456 e. The zero-order valence-corrected chi connectivity index (χ0v) is 30.9. The van der Waals surface area contributed by atoms with Crippen LogP contribution in [0.5, 0.6) is 0 Å². The molecule has 2 unspecified atom stereocenters. The monoisotopic (exact) mass is 733 g/mol. The Morgan fingerprint density at radius 1 is 0.544 bits per heavy atom. The molecule has 2 aliphatic rings. The van der Waals surface area contributed by atoms with Crippen LogP contribution in [0.25, 0.3) is 71.1 Å². The van der Waals surface area contributed by atoms with Gasteiger partial charge in [0.05, 0.1) is 23.3 Å². The van der Waals surface area contributed by atoms with E-state index in [2.05, 4.69) is 184 Å². The van der Waals surface area contributed by atoms with Crippen LogP contribution in [0.4, 0.5) is 0 Å². The summed E-state index contributed by atoms with van der Waals surface area (Å²) >= 11 is 0. The van der Waals surface area contributed by atoms with E-state index < -0.39 is 0 Å². The van der Waals surface area contributed by atoms with Crippen LogP contribution in [-0.2, 0) is 6.54 Å². The van der Waals surface area contributed by atoms with E-state index in [9.17, 15) is 0 Å². The Morgan fingerprint density at radius 3 is 2.04 bits per heavy atom. The summed E-state index contributed by atoms with van der Waals surface area (Å²) in [6.07, 6.45) is 1.65. The number of rotatable bonds is 5. The van der Waals surface area contributed by atoms with Crippen molar-refractivity contribution >= 4 is 66.4 Å². The van der Waals surface area contributed by atoms with Gasteiger partial charge >= 0.3 is 0 Å². The van der Waals surface area contributed by atoms with E-state index in [1.165, 1.54) is 21.5 Å². The summed E-state index contributed by atoms with van der Waals surface area (Å²) in [5, 5.41) is 15.8. The highest BCUT2D eigenvalue weighted by Crippen LogP contribution is 2.45. The summed E-state index contributed by atoms with van der Waals surface area (Å²) in [6.45, 7) is 0.533. The molecule has 12 rings (SSSR count). The fraction of sp³-hybridized carbons (Fsp3) is 0.0588. The summed E-state index contributed by atoms with van der Waals surface area (Å²) in [4.78, 5) is 9.98. The number of benzene rings is 8. The summed E-state index contributed by atoms with van der Waals surface area (Å²) in [5.74, 6) is 1.76. The van der Waals surface area contributed by atoms with Crippen LogP contribution in [0, 0.1) is 0 Å². The first-order chi connectivity index (χ1) is 28.3. The van der Waals surface area contributed by atoms with Gasteiger partial charge in [-0.15, -0.1) is 0 Å². The van der Waals surface area contributed by atoms with Crippen LogP contribution in [-0.4, -0.2) is 16.6 Å². The minimum atomic E-state index is -0.218. The molecule has 2 N–H and O–H groups in total. The number of fused-ring (bicyclic) bond motifs is 9. The highest BCUT2D eigenvalue weighted by molar-refractivity contribution is 6.23. The van der Waals surface area contributed by atoms with Crippen molar-refractivity contribution in [3.63, 3.8) is 0 Å². The molecule has 0 fully saturated rings. The van der Waals surface area contributed by atoms with E-state index in [0.717, 1.165) is 83.4 Å². The first-order valence-corrected chi connectivity index (χ1v) is 19.5. The molecule has 0 bridgehead atoms. The van der Waals surface area contributed by atoms with Crippen molar-refractivity contribution in [3.8, 4) is 16.8 Å².